The van der Waals surface area contributed by atoms with E-state index in [1.165, 1.54) is 0 Å². The van der Waals surface area contributed by atoms with Crippen LogP contribution in [-0.2, 0) is 0 Å². The first-order valence-corrected chi connectivity index (χ1v) is 7.61. The zero-order valence-corrected chi connectivity index (χ0v) is 13.8. The van der Waals surface area contributed by atoms with Crippen LogP contribution >= 0.6 is 15.9 Å². The van der Waals surface area contributed by atoms with Gasteiger partial charge in [0.15, 0.2) is 10.4 Å². The first-order valence-electron chi connectivity index (χ1n) is 6.82. The van der Waals surface area contributed by atoms with E-state index in [0.717, 1.165) is 11.3 Å². The second-order valence-electron chi connectivity index (χ2n) is 4.76. The number of carbonyl (C=O) groups is 1. The van der Waals surface area contributed by atoms with E-state index in [-0.39, 0.29) is 5.76 Å². The number of benzene rings is 1. The number of nitrogens with zero attached hydrogens (tertiary/aromatic N) is 3. The molecule has 0 bridgehead atoms. The molecule has 0 spiro atoms. The number of aromatic nitrogens is 2. The molecule has 0 unspecified atom stereocenters. The standard InChI is InChI=1S/C16H13BrN4O2/c1-11(19-20-16(22)14-6-7-15(17)23-14)12-2-4-13(5-3-12)21-9-8-18-10-21/h2-10H,1H3,(H,20,22)/b19-11+. The van der Waals surface area contributed by atoms with Gasteiger partial charge in [-0.1, -0.05) is 12.1 Å². The lowest BCUT2D eigenvalue weighted by Crippen LogP contribution is -2.18. The van der Waals surface area contributed by atoms with Gasteiger partial charge in [0.2, 0.25) is 0 Å². The van der Waals surface area contributed by atoms with Gasteiger partial charge >= 0.3 is 5.91 Å². The van der Waals surface area contributed by atoms with Crippen molar-refractivity contribution in [1.29, 1.82) is 0 Å². The molecule has 0 radical (unpaired) electrons. The van der Waals surface area contributed by atoms with Crippen molar-refractivity contribution in [2.45, 2.75) is 6.92 Å². The molecular formula is C16H13BrN4O2. The molecule has 0 aliphatic carbocycles. The number of carbonyl (C=O) groups excluding carboxylic acids is 1. The van der Waals surface area contributed by atoms with Crippen LogP contribution in [0.3, 0.4) is 0 Å². The van der Waals surface area contributed by atoms with Crippen molar-refractivity contribution in [2.24, 2.45) is 5.10 Å². The Labute approximate surface area is 141 Å². The third kappa shape index (κ3) is 3.57. The quantitative estimate of drug-likeness (QED) is 0.563. The summed E-state index contributed by atoms with van der Waals surface area (Å²) in [5.74, 6) is -0.200. The summed E-state index contributed by atoms with van der Waals surface area (Å²) in [7, 11) is 0. The number of hydrogen-bond acceptors (Lipinski definition) is 4. The third-order valence-electron chi connectivity index (χ3n) is 3.21. The number of hydrazone groups is 1. The van der Waals surface area contributed by atoms with Gasteiger partial charge in [-0.2, -0.15) is 5.10 Å². The van der Waals surface area contributed by atoms with Crippen LogP contribution in [0.5, 0.6) is 0 Å². The van der Waals surface area contributed by atoms with Gasteiger partial charge in [-0.25, -0.2) is 10.4 Å². The van der Waals surface area contributed by atoms with Gasteiger partial charge in [-0.15, -0.1) is 0 Å². The van der Waals surface area contributed by atoms with Crippen LogP contribution in [0.2, 0.25) is 0 Å². The Bertz CT molecular complexity index is 835. The van der Waals surface area contributed by atoms with Gasteiger partial charge in [0.05, 0.1) is 12.0 Å². The predicted octanol–water partition coefficient (Wildman–Crippen LogP) is 3.38. The van der Waals surface area contributed by atoms with Crippen LogP contribution < -0.4 is 5.43 Å². The van der Waals surface area contributed by atoms with E-state index in [0.29, 0.717) is 10.4 Å². The largest absolute Gasteiger partial charge is 0.444 e. The zero-order valence-electron chi connectivity index (χ0n) is 12.2. The first kappa shape index (κ1) is 15.2. The van der Waals surface area contributed by atoms with E-state index in [1.807, 2.05) is 42.0 Å². The fraction of sp³-hybridized carbons (Fsp3) is 0.0625. The van der Waals surface area contributed by atoms with Crippen LogP contribution in [0, 0.1) is 0 Å². The molecule has 2 heterocycles. The maximum Gasteiger partial charge on any atom is 0.307 e. The summed E-state index contributed by atoms with van der Waals surface area (Å²) in [5, 5.41) is 4.10. The SMILES string of the molecule is C/C(=N\NC(=O)c1ccc(Br)o1)c1ccc(-n2ccnc2)cc1. The van der Waals surface area contributed by atoms with Crippen LogP contribution in [0.25, 0.3) is 5.69 Å². The van der Waals surface area contributed by atoms with Gasteiger partial charge in [0.1, 0.15) is 0 Å². The number of hydrogen-bond donors (Lipinski definition) is 1. The summed E-state index contributed by atoms with van der Waals surface area (Å²) in [5.41, 5.74) is 5.08. The molecule has 2 aromatic heterocycles. The molecule has 0 fully saturated rings. The zero-order chi connectivity index (χ0) is 16.2. The lowest BCUT2D eigenvalue weighted by atomic mass is 10.1. The molecule has 23 heavy (non-hydrogen) atoms. The van der Waals surface area contributed by atoms with Gasteiger partial charge in [-0.3, -0.25) is 4.79 Å². The molecule has 0 atom stereocenters. The molecule has 3 rings (SSSR count). The molecule has 1 amide bonds. The summed E-state index contributed by atoms with van der Waals surface area (Å²) in [6.07, 6.45) is 5.33. The molecule has 1 N–H and O–H groups in total. The Kier molecular flexibility index (Phi) is 4.38. The van der Waals surface area contributed by atoms with E-state index in [1.54, 1.807) is 24.7 Å². The van der Waals surface area contributed by atoms with E-state index in [2.05, 4.69) is 31.4 Å². The van der Waals surface area contributed by atoms with Crippen molar-refractivity contribution in [3.8, 4) is 5.69 Å². The summed E-state index contributed by atoms with van der Waals surface area (Å²) < 4.78 is 7.58. The minimum absolute atomic E-state index is 0.198. The van der Waals surface area contributed by atoms with E-state index >= 15 is 0 Å². The van der Waals surface area contributed by atoms with E-state index in [9.17, 15) is 4.79 Å². The number of rotatable bonds is 4. The number of furan rings is 1. The molecule has 3 aromatic rings. The molecular weight excluding hydrogens is 360 g/mol. The summed E-state index contributed by atoms with van der Waals surface area (Å²) in [6.45, 7) is 1.82. The number of amides is 1. The molecule has 7 heteroatoms. The Morgan fingerprint density at radius 1 is 1.26 bits per heavy atom. The van der Waals surface area contributed by atoms with Gasteiger partial charge in [-0.05, 0) is 52.7 Å². The van der Waals surface area contributed by atoms with Crippen molar-refractivity contribution in [3.63, 3.8) is 0 Å². The number of nitrogens with one attached hydrogen (secondary N) is 1. The third-order valence-corrected chi connectivity index (χ3v) is 3.64. The number of halogens is 1. The Balaban J connectivity index is 1.70. The topological polar surface area (TPSA) is 72.4 Å². The fourth-order valence-corrected chi connectivity index (χ4v) is 2.28. The maximum atomic E-state index is 11.9. The molecule has 0 saturated heterocycles. The highest BCUT2D eigenvalue weighted by Crippen LogP contribution is 2.14. The second-order valence-corrected chi connectivity index (χ2v) is 5.54. The van der Waals surface area contributed by atoms with Crippen LogP contribution in [-0.4, -0.2) is 21.2 Å². The molecule has 1 aromatic carbocycles. The van der Waals surface area contributed by atoms with E-state index in [4.69, 9.17) is 4.42 Å². The molecule has 0 aliphatic heterocycles. The highest BCUT2D eigenvalue weighted by Gasteiger charge is 2.09. The molecule has 6 nitrogen and oxygen atoms in total. The lowest BCUT2D eigenvalue weighted by molar-refractivity contribution is 0.0926. The highest BCUT2D eigenvalue weighted by molar-refractivity contribution is 9.10. The van der Waals surface area contributed by atoms with Crippen LogP contribution in [0.15, 0.2) is 69.3 Å². The first-order chi connectivity index (χ1) is 11.1. The normalized spacial score (nSPS) is 11.5. The highest BCUT2D eigenvalue weighted by atomic mass is 79.9. The van der Waals surface area contributed by atoms with Crippen molar-refractivity contribution in [2.75, 3.05) is 0 Å². The Hall–Kier alpha value is -2.67. The number of imidazole rings is 1. The summed E-state index contributed by atoms with van der Waals surface area (Å²) >= 11 is 3.15. The smallest absolute Gasteiger partial charge is 0.307 e. The van der Waals surface area contributed by atoms with Gasteiger partial charge in [0.25, 0.3) is 0 Å². The monoisotopic (exact) mass is 372 g/mol. The lowest BCUT2D eigenvalue weighted by Gasteiger charge is -2.05. The van der Waals surface area contributed by atoms with Crippen LogP contribution in [0.1, 0.15) is 23.0 Å². The molecule has 0 saturated carbocycles. The summed E-state index contributed by atoms with van der Waals surface area (Å²) in [4.78, 5) is 15.9. The maximum absolute atomic E-state index is 11.9. The average molecular weight is 373 g/mol. The van der Waals surface area contributed by atoms with Crippen molar-refractivity contribution >= 4 is 27.5 Å². The predicted molar refractivity (Wildman–Crippen MR) is 89.6 cm³/mol. The minimum Gasteiger partial charge on any atom is -0.444 e. The molecule has 0 aliphatic rings. The van der Waals surface area contributed by atoms with E-state index < -0.39 is 5.91 Å². The molecule has 116 valence electrons. The average Bonchev–Trinajstić information content (AvgIpc) is 3.24. The van der Waals surface area contributed by atoms with Crippen molar-refractivity contribution in [3.05, 3.63) is 71.1 Å². The summed E-state index contributed by atoms with van der Waals surface area (Å²) in [6, 6.07) is 11.0. The van der Waals surface area contributed by atoms with Gasteiger partial charge in [0, 0.05) is 18.1 Å². The van der Waals surface area contributed by atoms with Gasteiger partial charge < -0.3 is 8.98 Å². The van der Waals surface area contributed by atoms with Crippen LogP contribution in [0.4, 0.5) is 0 Å². The van der Waals surface area contributed by atoms with Crippen molar-refractivity contribution in [1.82, 2.24) is 15.0 Å². The second kappa shape index (κ2) is 6.62. The Morgan fingerprint density at radius 2 is 2.04 bits per heavy atom. The fourth-order valence-electron chi connectivity index (χ4n) is 1.98. The Morgan fingerprint density at radius 3 is 2.65 bits per heavy atom. The van der Waals surface area contributed by atoms with Crippen molar-refractivity contribution < 1.29 is 9.21 Å². The minimum atomic E-state index is -0.398.